The molecule has 1 unspecified atom stereocenters. The molecule has 1 saturated heterocycles. The molecule has 1 aromatic rings. The van der Waals surface area contributed by atoms with E-state index < -0.39 is 0 Å². The van der Waals surface area contributed by atoms with E-state index in [2.05, 4.69) is 27.4 Å². The number of rotatable bonds is 6. The molecule has 0 aliphatic carbocycles. The standard InChI is InChI=1S/C15H21N5O3S/c1-4-20(18-23-3)10-7-12-11(15(21)22-2)8-17-13(19(12)9-10)14-16-5-6-24-14/h5-6,10,18H,4,7-9H2,1-3H3. The number of esters is 1. The molecule has 1 fully saturated rings. The Kier molecular flexibility index (Phi) is 5.24. The molecule has 0 radical (unpaired) electrons. The first kappa shape index (κ1) is 17.0. The summed E-state index contributed by atoms with van der Waals surface area (Å²) in [5.74, 6) is 0.504. The SMILES string of the molecule is CCN(NOC)C1CC2=C(C(=O)OC)CN=C(c3nccs3)N2C1. The number of methoxy groups -OCH3 is 1. The van der Waals surface area contributed by atoms with Crippen LogP contribution in [0, 0.1) is 0 Å². The van der Waals surface area contributed by atoms with Crippen LogP contribution in [0.15, 0.2) is 27.8 Å². The van der Waals surface area contributed by atoms with Crippen molar-refractivity contribution in [3.63, 3.8) is 0 Å². The molecule has 130 valence electrons. The predicted molar refractivity (Wildman–Crippen MR) is 90.2 cm³/mol. The van der Waals surface area contributed by atoms with E-state index in [-0.39, 0.29) is 12.0 Å². The van der Waals surface area contributed by atoms with Crippen LogP contribution in [0.2, 0.25) is 0 Å². The van der Waals surface area contributed by atoms with E-state index in [1.54, 1.807) is 24.6 Å². The normalized spacial score (nSPS) is 20.4. The summed E-state index contributed by atoms with van der Waals surface area (Å²) in [6.45, 7) is 3.86. The summed E-state index contributed by atoms with van der Waals surface area (Å²) in [6, 6.07) is 0.160. The third kappa shape index (κ3) is 3.07. The average molecular weight is 351 g/mol. The second kappa shape index (κ2) is 7.39. The van der Waals surface area contributed by atoms with Crippen LogP contribution >= 0.6 is 11.3 Å². The highest BCUT2D eigenvalue weighted by molar-refractivity contribution is 7.11. The fourth-order valence-electron chi connectivity index (χ4n) is 3.10. The summed E-state index contributed by atoms with van der Waals surface area (Å²) in [4.78, 5) is 28.2. The summed E-state index contributed by atoms with van der Waals surface area (Å²) in [5.41, 5.74) is 4.49. The molecule has 0 spiro atoms. The lowest BCUT2D eigenvalue weighted by Gasteiger charge is -2.28. The van der Waals surface area contributed by atoms with Crippen LogP contribution in [0.1, 0.15) is 18.4 Å². The molecule has 8 nitrogen and oxygen atoms in total. The van der Waals surface area contributed by atoms with Gasteiger partial charge < -0.3 is 9.64 Å². The van der Waals surface area contributed by atoms with Crippen LogP contribution in [0.4, 0.5) is 0 Å². The van der Waals surface area contributed by atoms with Crippen molar-refractivity contribution in [3.8, 4) is 0 Å². The minimum absolute atomic E-state index is 0.160. The third-order valence-corrected chi connectivity index (χ3v) is 4.95. The van der Waals surface area contributed by atoms with Crippen molar-refractivity contribution in [3.05, 3.63) is 27.9 Å². The van der Waals surface area contributed by atoms with Gasteiger partial charge in [0.25, 0.3) is 0 Å². The first-order valence-electron chi connectivity index (χ1n) is 7.77. The molecule has 0 bridgehead atoms. The van der Waals surface area contributed by atoms with Gasteiger partial charge in [0.05, 0.1) is 26.3 Å². The van der Waals surface area contributed by atoms with E-state index in [0.29, 0.717) is 18.7 Å². The van der Waals surface area contributed by atoms with E-state index in [1.165, 1.54) is 7.11 Å². The van der Waals surface area contributed by atoms with Crippen molar-refractivity contribution in [2.24, 2.45) is 4.99 Å². The quantitative estimate of drug-likeness (QED) is 0.600. The van der Waals surface area contributed by atoms with Gasteiger partial charge in [-0.1, -0.05) is 6.92 Å². The molecule has 2 aliphatic heterocycles. The summed E-state index contributed by atoms with van der Waals surface area (Å²) in [5, 5.41) is 4.80. The maximum atomic E-state index is 12.1. The summed E-state index contributed by atoms with van der Waals surface area (Å²) in [6.07, 6.45) is 2.49. The smallest absolute Gasteiger partial charge is 0.337 e. The van der Waals surface area contributed by atoms with Crippen molar-refractivity contribution < 1.29 is 14.4 Å². The molecule has 24 heavy (non-hydrogen) atoms. The minimum atomic E-state index is -0.319. The molecule has 0 aromatic carbocycles. The van der Waals surface area contributed by atoms with Gasteiger partial charge in [-0.25, -0.2) is 14.8 Å². The van der Waals surface area contributed by atoms with E-state index in [1.807, 2.05) is 10.4 Å². The van der Waals surface area contributed by atoms with Gasteiger partial charge in [0.1, 0.15) is 0 Å². The Labute approximate surface area is 144 Å². The van der Waals surface area contributed by atoms with Gasteiger partial charge in [0, 0.05) is 42.8 Å². The topological polar surface area (TPSA) is 79.3 Å². The molecule has 0 amide bonds. The van der Waals surface area contributed by atoms with Gasteiger partial charge in [0.15, 0.2) is 10.8 Å². The predicted octanol–water partition coefficient (Wildman–Crippen LogP) is 0.793. The molecule has 3 rings (SSSR count). The Morgan fingerprint density at radius 2 is 2.38 bits per heavy atom. The van der Waals surface area contributed by atoms with E-state index in [0.717, 1.165) is 29.5 Å². The Balaban J connectivity index is 1.93. The lowest BCUT2D eigenvalue weighted by atomic mass is 10.1. The highest BCUT2D eigenvalue weighted by atomic mass is 32.1. The second-order valence-corrected chi connectivity index (χ2v) is 6.34. The number of amidine groups is 1. The molecule has 3 heterocycles. The maximum absolute atomic E-state index is 12.1. The van der Waals surface area contributed by atoms with Gasteiger partial charge in [-0.2, -0.15) is 0 Å². The summed E-state index contributed by atoms with van der Waals surface area (Å²) < 4.78 is 4.93. The van der Waals surface area contributed by atoms with Crippen molar-refractivity contribution in [1.82, 2.24) is 20.5 Å². The van der Waals surface area contributed by atoms with Gasteiger partial charge >= 0.3 is 5.97 Å². The number of thiazole rings is 1. The lowest BCUT2D eigenvalue weighted by Crippen LogP contribution is -2.46. The molecule has 1 atom stereocenters. The zero-order chi connectivity index (χ0) is 17.1. The van der Waals surface area contributed by atoms with Gasteiger partial charge in [0.2, 0.25) is 0 Å². The Morgan fingerprint density at radius 3 is 3.00 bits per heavy atom. The Hall–Kier alpha value is -1.81. The molecular weight excluding hydrogens is 330 g/mol. The Morgan fingerprint density at radius 1 is 1.54 bits per heavy atom. The van der Waals surface area contributed by atoms with E-state index in [9.17, 15) is 4.79 Å². The van der Waals surface area contributed by atoms with Gasteiger partial charge in [-0.15, -0.1) is 16.9 Å². The zero-order valence-corrected chi connectivity index (χ0v) is 14.8. The molecule has 0 saturated carbocycles. The van der Waals surface area contributed by atoms with Crippen LogP contribution in [0.25, 0.3) is 0 Å². The first-order chi connectivity index (χ1) is 11.7. The molecular formula is C15H21N5O3S. The zero-order valence-electron chi connectivity index (χ0n) is 14.0. The van der Waals surface area contributed by atoms with Crippen molar-refractivity contribution in [2.45, 2.75) is 19.4 Å². The third-order valence-electron chi connectivity index (χ3n) is 4.18. The fourth-order valence-corrected chi connectivity index (χ4v) is 3.75. The number of fused-ring (bicyclic) bond motifs is 1. The number of aliphatic imine (C=N–C) groups is 1. The fraction of sp³-hybridized carbons (Fsp3) is 0.533. The first-order valence-corrected chi connectivity index (χ1v) is 8.65. The summed E-state index contributed by atoms with van der Waals surface area (Å²) >= 11 is 1.54. The number of carbonyl (C=O) groups excluding carboxylic acids is 1. The van der Waals surface area contributed by atoms with E-state index >= 15 is 0 Å². The number of hydrogen-bond acceptors (Lipinski definition) is 9. The Bertz CT molecular complexity index is 658. The number of ether oxygens (including phenoxy) is 1. The lowest BCUT2D eigenvalue weighted by molar-refractivity contribution is -0.136. The highest BCUT2D eigenvalue weighted by Gasteiger charge is 2.39. The summed E-state index contributed by atoms with van der Waals surface area (Å²) in [7, 11) is 2.99. The number of carbonyl (C=O) groups is 1. The molecule has 2 aliphatic rings. The van der Waals surface area contributed by atoms with Crippen LogP contribution in [-0.2, 0) is 14.4 Å². The van der Waals surface area contributed by atoms with Crippen molar-refractivity contribution in [1.29, 1.82) is 0 Å². The molecule has 1 aromatic heterocycles. The number of nitrogens with zero attached hydrogens (tertiary/aromatic N) is 4. The minimum Gasteiger partial charge on any atom is -0.466 e. The van der Waals surface area contributed by atoms with Crippen LogP contribution < -0.4 is 5.59 Å². The van der Waals surface area contributed by atoms with Crippen LogP contribution in [0.5, 0.6) is 0 Å². The molecule has 1 N–H and O–H groups in total. The average Bonchev–Trinajstić information content (AvgIpc) is 3.27. The second-order valence-electron chi connectivity index (χ2n) is 5.44. The van der Waals surface area contributed by atoms with Gasteiger partial charge in [-0.05, 0) is 0 Å². The van der Waals surface area contributed by atoms with Crippen LogP contribution in [0.3, 0.4) is 0 Å². The largest absolute Gasteiger partial charge is 0.466 e. The monoisotopic (exact) mass is 351 g/mol. The number of likely N-dealkylation sites (N-methyl/N-ethyl adjacent to an activating group) is 1. The molecule has 9 heteroatoms. The number of nitrogens with one attached hydrogen (secondary N) is 1. The maximum Gasteiger partial charge on any atom is 0.337 e. The number of hydrazine groups is 1. The number of aromatic nitrogens is 1. The van der Waals surface area contributed by atoms with Crippen LogP contribution in [-0.4, -0.2) is 66.6 Å². The highest BCUT2D eigenvalue weighted by Crippen LogP contribution is 2.33. The van der Waals surface area contributed by atoms with Crippen molar-refractivity contribution in [2.75, 3.05) is 33.9 Å². The van der Waals surface area contributed by atoms with Gasteiger partial charge in [-0.3, -0.25) is 9.83 Å². The number of hydrogen-bond donors (Lipinski definition) is 1. The van der Waals surface area contributed by atoms with E-state index in [4.69, 9.17) is 9.57 Å². The van der Waals surface area contributed by atoms with Crippen molar-refractivity contribution >= 4 is 23.1 Å².